The van der Waals surface area contributed by atoms with Gasteiger partial charge in [-0.1, -0.05) is 18.2 Å². The quantitative estimate of drug-likeness (QED) is 0.461. The van der Waals surface area contributed by atoms with Crippen LogP contribution in [0.4, 0.5) is 19.0 Å². The van der Waals surface area contributed by atoms with Crippen LogP contribution in [0.1, 0.15) is 46.8 Å². The van der Waals surface area contributed by atoms with Crippen LogP contribution in [0.2, 0.25) is 0 Å². The number of ether oxygens (including phenoxy) is 4. The average Bonchev–Trinajstić information content (AvgIpc) is 3.32. The number of carbonyl (C=O) groups excluding carboxylic acids is 2. The lowest BCUT2D eigenvalue weighted by molar-refractivity contribution is -0.154. The van der Waals surface area contributed by atoms with Crippen molar-refractivity contribution in [2.24, 2.45) is 0 Å². The van der Waals surface area contributed by atoms with Crippen LogP contribution in [0.3, 0.4) is 0 Å². The molecule has 1 aromatic heterocycles. The fourth-order valence-electron chi connectivity index (χ4n) is 3.35. The monoisotopic (exact) mass is 469 g/mol. The first-order valence-corrected chi connectivity index (χ1v) is 9.85. The molecule has 2 aromatic rings. The summed E-state index contributed by atoms with van der Waals surface area (Å²) in [5.41, 5.74) is -0.725. The van der Waals surface area contributed by atoms with E-state index in [0.29, 0.717) is 0 Å². The van der Waals surface area contributed by atoms with E-state index >= 15 is 0 Å². The van der Waals surface area contributed by atoms with Gasteiger partial charge in [0.15, 0.2) is 12.2 Å². The molecular weight excluding hydrogens is 447 g/mol. The Morgan fingerprint density at radius 2 is 1.79 bits per heavy atom. The third kappa shape index (κ3) is 5.22. The number of benzene rings is 1. The number of carbonyl (C=O) groups is 2. The van der Waals surface area contributed by atoms with Gasteiger partial charge < -0.3 is 24.3 Å². The van der Waals surface area contributed by atoms with E-state index in [9.17, 15) is 22.8 Å². The second-order valence-electron chi connectivity index (χ2n) is 6.95. The molecule has 3 rings (SSSR count). The molecule has 0 saturated carbocycles. The van der Waals surface area contributed by atoms with E-state index in [0.717, 1.165) is 20.3 Å². The maximum absolute atomic E-state index is 14.5. The molecule has 178 valence electrons. The van der Waals surface area contributed by atoms with Crippen molar-refractivity contribution in [1.29, 1.82) is 0 Å². The Labute approximate surface area is 187 Å². The summed E-state index contributed by atoms with van der Waals surface area (Å²) in [7, 11) is 2.21. The minimum absolute atomic E-state index is 0.0395. The second-order valence-corrected chi connectivity index (χ2v) is 6.95. The molecule has 12 heteroatoms. The standard InChI is InChI=1S/C21H22F3N3O6/c1-10-26-16(14(19(28)30-2)20(29)31-3)13(21-32-7-8-33-21)18(27-10)25-9-11-5-4-6-12(15(11)22)17(23)24/h4-6,14,17,21H,7-9H2,1-3H3,(H,25,26,27). The summed E-state index contributed by atoms with van der Waals surface area (Å²) in [6.07, 6.45) is -4.02. The summed E-state index contributed by atoms with van der Waals surface area (Å²) >= 11 is 0. The first-order chi connectivity index (χ1) is 15.8. The van der Waals surface area contributed by atoms with Gasteiger partial charge in [-0.15, -0.1) is 0 Å². The predicted molar refractivity (Wildman–Crippen MR) is 107 cm³/mol. The highest BCUT2D eigenvalue weighted by atomic mass is 19.3. The zero-order valence-corrected chi connectivity index (χ0v) is 18.1. The summed E-state index contributed by atoms with van der Waals surface area (Å²) in [6, 6.07) is 3.66. The summed E-state index contributed by atoms with van der Waals surface area (Å²) in [4.78, 5) is 33.4. The first-order valence-electron chi connectivity index (χ1n) is 9.85. The number of anilines is 1. The number of aromatic nitrogens is 2. The molecule has 1 aromatic carbocycles. The van der Waals surface area contributed by atoms with Crippen molar-refractivity contribution in [3.05, 3.63) is 52.2 Å². The highest BCUT2D eigenvalue weighted by molar-refractivity contribution is 6.00. The Morgan fingerprint density at radius 1 is 1.15 bits per heavy atom. The second kappa shape index (κ2) is 10.6. The van der Waals surface area contributed by atoms with Crippen molar-refractivity contribution >= 4 is 17.8 Å². The van der Waals surface area contributed by atoms with E-state index in [2.05, 4.69) is 15.3 Å². The molecule has 1 aliphatic rings. The van der Waals surface area contributed by atoms with E-state index in [1.165, 1.54) is 19.1 Å². The topological polar surface area (TPSA) is 109 Å². The number of rotatable bonds is 8. The maximum atomic E-state index is 14.5. The average molecular weight is 469 g/mol. The number of aryl methyl sites for hydroxylation is 1. The van der Waals surface area contributed by atoms with Gasteiger partial charge >= 0.3 is 11.9 Å². The molecule has 0 amide bonds. The van der Waals surface area contributed by atoms with Gasteiger partial charge in [-0.3, -0.25) is 9.59 Å². The van der Waals surface area contributed by atoms with Gasteiger partial charge in [-0.05, 0) is 6.92 Å². The lowest BCUT2D eigenvalue weighted by Gasteiger charge is -2.22. The van der Waals surface area contributed by atoms with Crippen molar-refractivity contribution in [3.8, 4) is 0 Å². The van der Waals surface area contributed by atoms with Crippen LogP contribution < -0.4 is 5.32 Å². The van der Waals surface area contributed by atoms with Crippen molar-refractivity contribution in [2.75, 3.05) is 32.8 Å². The molecule has 0 unspecified atom stereocenters. The fourth-order valence-corrected chi connectivity index (χ4v) is 3.35. The molecule has 0 bridgehead atoms. The third-order valence-corrected chi connectivity index (χ3v) is 4.88. The normalized spacial score (nSPS) is 14.1. The molecular formula is C21H22F3N3O6. The van der Waals surface area contributed by atoms with Crippen LogP contribution in [0, 0.1) is 12.7 Å². The Bertz CT molecular complexity index is 1010. The minimum Gasteiger partial charge on any atom is -0.468 e. The lowest BCUT2D eigenvalue weighted by Crippen LogP contribution is -2.28. The highest BCUT2D eigenvalue weighted by Gasteiger charge is 2.39. The Kier molecular flexibility index (Phi) is 7.82. The smallest absolute Gasteiger partial charge is 0.326 e. The van der Waals surface area contributed by atoms with Gasteiger partial charge in [-0.25, -0.2) is 23.1 Å². The fraction of sp³-hybridized carbons (Fsp3) is 0.429. The molecule has 1 aliphatic heterocycles. The minimum atomic E-state index is -2.98. The predicted octanol–water partition coefficient (Wildman–Crippen LogP) is 2.95. The molecule has 1 N–H and O–H groups in total. The van der Waals surface area contributed by atoms with Crippen molar-refractivity contribution in [2.45, 2.75) is 32.1 Å². The zero-order chi connectivity index (χ0) is 24.1. The number of alkyl halides is 2. The van der Waals surface area contributed by atoms with Gasteiger partial charge in [0, 0.05) is 12.1 Å². The number of halogens is 3. The Morgan fingerprint density at radius 3 is 2.36 bits per heavy atom. The van der Waals surface area contributed by atoms with Crippen LogP contribution in [0.25, 0.3) is 0 Å². The number of nitrogens with zero attached hydrogens (tertiary/aromatic N) is 2. The molecule has 1 saturated heterocycles. The third-order valence-electron chi connectivity index (χ3n) is 4.88. The van der Waals surface area contributed by atoms with E-state index in [1.807, 2.05) is 0 Å². The summed E-state index contributed by atoms with van der Waals surface area (Å²) < 4.78 is 61.2. The van der Waals surface area contributed by atoms with Gasteiger partial charge in [0.25, 0.3) is 6.43 Å². The molecule has 9 nitrogen and oxygen atoms in total. The molecule has 0 radical (unpaired) electrons. The number of nitrogens with one attached hydrogen (secondary N) is 1. The van der Waals surface area contributed by atoms with Gasteiger partial charge in [-0.2, -0.15) is 0 Å². The molecule has 1 fully saturated rings. The highest BCUT2D eigenvalue weighted by Crippen LogP contribution is 2.36. The van der Waals surface area contributed by atoms with Gasteiger partial charge in [0.05, 0.1) is 44.3 Å². The summed E-state index contributed by atoms with van der Waals surface area (Å²) in [5, 5.41) is 2.86. The van der Waals surface area contributed by atoms with Crippen LogP contribution in [-0.4, -0.2) is 49.3 Å². The van der Waals surface area contributed by atoms with E-state index in [1.54, 1.807) is 0 Å². The first kappa shape index (κ1) is 24.4. The van der Waals surface area contributed by atoms with Gasteiger partial charge in [0.2, 0.25) is 0 Å². The van der Waals surface area contributed by atoms with Gasteiger partial charge in [0.1, 0.15) is 17.5 Å². The molecule has 0 atom stereocenters. The van der Waals surface area contributed by atoms with Crippen LogP contribution in [0.5, 0.6) is 0 Å². The Hall–Kier alpha value is -3.25. The number of esters is 2. The Balaban J connectivity index is 2.07. The van der Waals surface area contributed by atoms with Crippen molar-refractivity contribution < 1.29 is 41.7 Å². The van der Waals surface area contributed by atoms with E-state index < -0.39 is 42.0 Å². The van der Waals surface area contributed by atoms with E-state index in [-0.39, 0.29) is 48.2 Å². The van der Waals surface area contributed by atoms with Crippen LogP contribution in [0.15, 0.2) is 18.2 Å². The number of methoxy groups -OCH3 is 2. The SMILES string of the molecule is COC(=O)C(C(=O)OC)c1nc(C)nc(NCc2cccc(C(F)F)c2F)c1C1OCCO1. The van der Waals surface area contributed by atoms with E-state index in [4.69, 9.17) is 18.9 Å². The molecule has 0 aliphatic carbocycles. The molecule has 0 spiro atoms. The van der Waals surface area contributed by atoms with Crippen LogP contribution in [-0.2, 0) is 35.1 Å². The number of hydrogen-bond donors (Lipinski definition) is 1. The zero-order valence-electron chi connectivity index (χ0n) is 18.1. The lowest BCUT2D eigenvalue weighted by atomic mass is 9.99. The van der Waals surface area contributed by atoms with Crippen molar-refractivity contribution in [3.63, 3.8) is 0 Å². The molecule has 33 heavy (non-hydrogen) atoms. The largest absolute Gasteiger partial charge is 0.468 e. The van der Waals surface area contributed by atoms with Crippen LogP contribution >= 0.6 is 0 Å². The summed E-state index contributed by atoms with van der Waals surface area (Å²) in [5.74, 6) is -4.24. The number of hydrogen-bond acceptors (Lipinski definition) is 9. The molecule has 2 heterocycles. The summed E-state index contributed by atoms with van der Waals surface area (Å²) in [6.45, 7) is 1.73. The van der Waals surface area contributed by atoms with Crippen molar-refractivity contribution in [1.82, 2.24) is 9.97 Å². The maximum Gasteiger partial charge on any atom is 0.326 e.